The highest BCUT2D eigenvalue weighted by molar-refractivity contribution is 5.66. The average molecular weight is 248 g/mol. The van der Waals surface area contributed by atoms with E-state index in [1.165, 1.54) is 0 Å². The first kappa shape index (κ1) is 14.0. The maximum atomic E-state index is 10.4. The van der Waals surface area contributed by atoms with Crippen LogP contribution in [0.25, 0.3) is 0 Å². The molecular formula is C13H16N2O3. The molecule has 0 heterocycles. The Balaban J connectivity index is 2.46. The van der Waals surface area contributed by atoms with Crippen molar-refractivity contribution in [2.45, 2.75) is 19.4 Å². The lowest BCUT2D eigenvalue weighted by Gasteiger charge is -2.13. The fraction of sp³-hybridized carbons (Fsp3) is 0.385. The molecular weight excluding hydrogens is 232 g/mol. The van der Waals surface area contributed by atoms with Gasteiger partial charge in [-0.2, -0.15) is 5.26 Å². The molecule has 2 N–H and O–H groups in total. The molecule has 1 atom stereocenters. The van der Waals surface area contributed by atoms with Crippen LogP contribution >= 0.6 is 0 Å². The molecule has 0 fully saturated rings. The summed E-state index contributed by atoms with van der Waals surface area (Å²) in [6.45, 7) is 2.43. The quantitative estimate of drug-likeness (QED) is 0.767. The van der Waals surface area contributed by atoms with Crippen molar-refractivity contribution in [3.05, 3.63) is 29.8 Å². The summed E-state index contributed by atoms with van der Waals surface area (Å²) in [6.07, 6.45) is 0.105. The third-order valence-corrected chi connectivity index (χ3v) is 2.47. The minimum Gasteiger partial charge on any atom is -0.481 e. The number of hydrogen-bond donors (Lipinski definition) is 2. The molecule has 0 radical (unpaired) electrons. The predicted molar refractivity (Wildman–Crippen MR) is 66.2 cm³/mol. The van der Waals surface area contributed by atoms with E-state index in [0.717, 1.165) is 5.56 Å². The van der Waals surface area contributed by atoms with Crippen LogP contribution in [0.5, 0.6) is 5.75 Å². The summed E-state index contributed by atoms with van der Waals surface area (Å²) in [4.78, 5) is 10.4. The number of carbonyl (C=O) groups is 1. The van der Waals surface area contributed by atoms with Crippen LogP contribution in [-0.4, -0.2) is 24.2 Å². The number of carboxylic acid groups (broad SMARTS) is 1. The largest absolute Gasteiger partial charge is 0.481 e. The molecule has 0 saturated heterocycles. The first-order valence-corrected chi connectivity index (χ1v) is 5.68. The molecule has 5 nitrogen and oxygen atoms in total. The summed E-state index contributed by atoms with van der Waals surface area (Å²) in [5.74, 6) is -0.159. The van der Waals surface area contributed by atoms with Gasteiger partial charge in [-0.05, 0) is 24.6 Å². The van der Waals surface area contributed by atoms with E-state index in [0.29, 0.717) is 12.3 Å². The lowest BCUT2D eigenvalue weighted by molar-refractivity contribution is -0.136. The molecule has 0 amide bonds. The van der Waals surface area contributed by atoms with Crippen molar-refractivity contribution in [2.24, 2.45) is 0 Å². The molecule has 0 aliphatic carbocycles. The molecule has 1 aromatic carbocycles. The van der Waals surface area contributed by atoms with E-state index in [2.05, 4.69) is 5.32 Å². The van der Waals surface area contributed by atoms with Crippen LogP contribution in [-0.2, 0) is 4.79 Å². The Morgan fingerprint density at radius 2 is 2.17 bits per heavy atom. The number of ether oxygens (including phenoxy) is 1. The van der Waals surface area contributed by atoms with Crippen LogP contribution in [0.4, 0.5) is 0 Å². The summed E-state index contributed by atoms with van der Waals surface area (Å²) in [7, 11) is 0. The molecule has 0 aliphatic heterocycles. The van der Waals surface area contributed by atoms with Crippen LogP contribution in [0, 0.1) is 11.3 Å². The standard InChI is InChI=1S/C13H16N2O3/c1-10(15-8-6-13(16)17)11-2-4-12(5-3-11)18-9-7-14/h2-5,10,15H,6,8-9H2,1H3,(H,16,17). The monoisotopic (exact) mass is 248 g/mol. The van der Waals surface area contributed by atoms with Gasteiger partial charge in [0, 0.05) is 12.6 Å². The van der Waals surface area contributed by atoms with Gasteiger partial charge in [-0.3, -0.25) is 4.79 Å². The second-order valence-corrected chi connectivity index (χ2v) is 3.84. The molecule has 5 heteroatoms. The highest BCUT2D eigenvalue weighted by Gasteiger charge is 2.05. The second kappa shape index (κ2) is 7.30. The maximum absolute atomic E-state index is 10.4. The summed E-state index contributed by atoms with van der Waals surface area (Å²) < 4.78 is 5.14. The van der Waals surface area contributed by atoms with Gasteiger partial charge in [-0.25, -0.2) is 0 Å². The van der Waals surface area contributed by atoms with Crippen molar-refractivity contribution >= 4 is 5.97 Å². The van der Waals surface area contributed by atoms with Crippen molar-refractivity contribution in [3.8, 4) is 11.8 Å². The Hall–Kier alpha value is -2.06. The Labute approximate surface area is 106 Å². The SMILES string of the molecule is CC(NCCC(=O)O)c1ccc(OCC#N)cc1. The fourth-order valence-corrected chi connectivity index (χ4v) is 1.48. The topological polar surface area (TPSA) is 82.3 Å². The third-order valence-electron chi connectivity index (χ3n) is 2.47. The van der Waals surface area contributed by atoms with Crippen LogP contribution in [0.15, 0.2) is 24.3 Å². The number of aliphatic carboxylic acids is 1. The van der Waals surface area contributed by atoms with E-state index in [-0.39, 0.29) is 19.1 Å². The van der Waals surface area contributed by atoms with Crippen molar-refractivity contribution in [2.75, 3.05) is 13.2 Å². The first-order valence-electron chi connectivity index (χ1n) is 5.68. The van der Waals surface area contributed by atoms with Gasteiger partial charge in [0.1, 0.15) is 11.8 Å². The Morgan fingerprint density at radius 1 is 1.50 bits per heavy atom. The molecule has 96 valence electrons. The van der Waals surface area contributed by atoms with Gasteiger partial charge < -0.3 is 15.2 Å². The highest BCUT2D eigenvalue weighted by atomic mass is 16.5. The summed E-state index contributed by atoms with van der Waals surface area (Å²) in [5, 5.41) is 20.0. The van der Waals surface area contributed by atoms with Gasteiger partial charge in [0.15, 0.2) is 6.61 Å². The number of nitrogens with one attached hydrogen (secondary N) is 1. The molecule has 0 aliphatic rings. The van der Waals surface area contributed by atoms with E-state index < -0.39 is 5.97 Å². The van der Waals surface area contributed by atoms with Gasteiger partial charge in [0.2, 0.25) is 0 Å². The van der Waals surface area contributed by atoms with Gasteiger partial charge in [-0.15, -0.1) is 0 Å². The van der Waals surface area contributed by atoms with Crippen LogP contribution in [0.2, 0.25) is 0 Å². The lowest BCUT2D eigenvalue weighted by atomic mass is 10.1. The van der Waals surface area contributed by atoms with Crippen molar-refractivity contribution in [1.29, 1.82) is 5.26 Å². The predicted octanol–water partition coefficient (Wildman–Crippen LogP) is 1.71. The maximum Gasteiger partial charge on any atom is 0.304 e. The zero-order chi connectivity index (χ0) is 13.4. The van der Waals surface area contributed by atoms with Gasteiger partial charge in [0.25, 0.3) is 0 Å². The van der Waals surface area contributed by atoms with E-state index in [9.17, 15) is 4.79 Å². The van der Waals surface area contributed by atoms with E-state index >= 15 is 0 Å². The van der Waals surface area contributed by atoms with Crippen molar-refractivity contribution in [1.82, 2.24) is 5.32 Å². The molecule has 0 aromatic heterocycles. The van der Waals surface area contributed by atoms with Crippen molar-refractivity contribution < 1.29 is 14.6 Å². The normalized spacial score (nSPS) is 11.6. The minimum absolute atomic E-state index is 0.0335. The average Bonchev–Trinajstić information content (AvgIpc) is 2.36. The Kier molecular flexibility index (Phi) is 5.68. The smallest absolute Gasteiger partial charge is 0.304 e. The van der Waals surface area contributed by atoms with Crippen LogP contribution < -0.4 is 10.1 Å². The summed E-state index contributed by atoms with van der Waals surface area (Å²) in [5.41, 5.74) is 1.05. The van der Waals surface area contributed by atoms with Crippen LogP contribution in [0.3, 0.4) is 0 Å². The molecule has 18 heavy (non-hydrogen) atoms. The molecule has 0 spiro atoms. The number of carboxylic acids is 1. The minimum atomic E-state index is -0.810. The number of nitrogens with zero attached hydrogens (tertiary/aromatic N) is 1. The Morgan fingerprint density at radius 3 is 2.72 bits per heavy atom. The molecule has 1 rings (SSSR count). The summed E-state index contributed by atoms with van der Waals surface area (Å²) in [6, 6.07) is 9.36. The number of hydrogen-bond acceptors (Lipinski definition) is 4. The van der Waals surface area contributed by atoms with Crippen LogP contribution in [0.1, 0.15) is 24.9 Å². The van der Waals surface area contributed by atoms with E-state index in [1.807, 2.05) is 25.1 Å². The van der Waals surface area contributed by atoms with Gasteiger partial charge in [-0.1, -0.05) is 12.1 Å². The van der Waals surface area contributed by atoms with Gasteiger partial charge in [0.05, 0.1) is 6.42 Å². The van der Waals surface area contributed by atoms with Gasteiger partial charge >= 0.3 is 5.97 Å². The highest BCUT2D eigenvalue weighted by Crippen LogP contribution is 2.17. The Bertz CT molecular complexity index is 423. The van der Waals surface area contributed by atoms with Crippen molar-refractivity contribution in [3.63, 3.8) is 0 Å². The first-order chi connectivity index (χ1) is 8.63. The zero-order valence-electron chi connectivity index (χ0n) is 10.2. The van der Waals surface area contributed by atoms with E-state index in [1.54, 1.807) is 12.1 Å². The number of benzene rings is 1. The molecule has 0 saturated carbocycles. The fourth-order valence-electron chi connectivity index (χ4n) is 1.48. The number of rotatable bonds is 7. The van der Waals surface area contributed by atoms with E-state index in [4.69, 9.17) is 15.1 Å². The molecule has 1 aromatic rings. The summed E-state index contributed by atoms with van der Waals surface area (Å²) >= 11 is 0. The zero-order valence-corrected chi connectivity index (χ0v) is 10.2. The second-order valence-electron chi connectivity index (χ2n) is 3.84. The number of nitriles is 1. The molecule has 0 bridgehead atoms. The lowest BCUT2D eigenvalue weighted by Crippen LogP contribution is -2.21. The molecule has 1 unspecified atom stereocenters. The third kappa shape index (κ3) is 4.85.